The third-order valence-corrected chi connectivity index (χ3v) is 7.80. The minimum absolute atomic E-state index is 0.178. The van der Waals surface area contributed by atoms with Gasteiger partial charge in [0.05, 0.1) is 22.4 Å². The predicted molar refractivity (Wildman–Crippen MR) is 146 cm³/mol. The lowest BCUT2D eigenvalue weighted by Gasteiger charge is -2.24. The zero-order valence-corrected chi connectivity index (χ0v) is 21.8. The molecule has 0 N–H and O–H groups in total. The van der Waals surface area contributed by atoms with Gasteiger partial charge in [0.25, 0.3) is 5.56 Å². The molecule has 0 saturated heterocycles. The monoisotopic (exact) mass is 515 g/mol. The SMILES string of the molecule is CCOC(=O)C1=C(c2ccccc2)N=c2s/c(=C\c3ccc(N(C)C)cc3)c(=O)n2[C@H]1c1cccs1. The van der Waals surface area contributed by atoms with Gasteiger partial charge < -0.3 is 9.64 Å². The molecule has 0 amide bonds. The molecule has 2 aromatic carbocycles. The van der Waals surface area contributed by atoms with Crippen LogP contribution < -0.4 is 19.8 Å². The molecule has 1 aliphatic heterocycles. The van der Waals surface area contributed by atoms with Gasteiger partial charge in [-0.1, -0.05) is 59.9 Å². The number of ether oxygens (including phenoxy) is 1. The lowest BCUT2D eigenvalue weighted by molar-refractivity contribution is -0.138. The van der Waals surface area contributed by atoms with Crippen molar-refractivity contribution in [1.82, 2.24) is 4.57 Å². The van der Waals surface area contributed by atoms with Crippen LogP contribution in [0.25, 0.3) is 11.8 Å². The van der Waals surface area contributed by atoms with Crippen LogP contribution in [0.2, 0.25) is 0 Å². The zero-order valence-electron chi connectivity index (χ0n) is 20.2. The Kier molecular flexibility index (Phi) is 6.71. The number of esters is 1. The number of anilines is 1. The number of rotatable bonds is 6. The second kappa shape index (κ2) is 10.1. The van der Waals surface area contributed by atoms with E-state index in [1.54, 1.807) is 11.5 Å². The molecule has 0 saturated carbocycles. The molecule has 1 aliphatic rings. The Bertz CT molecular complexity index is 1600. The van der Waals surface area contributed by atoms with Crippen molar-refractivity contribution in [3.05, 3.63) is 113 Å². The molecule has 0 radical (unpaired) electrons. The van der Waals surface area contributed by atoms with E-state index in [0.29, 0.717) is 20.6 Å². The molecule has 1 atom stereocenters. The van der Waals surface area contributed by atoms with Crippen molar-refractivity contribution in [1.29, 1.82) is 0 Å². The number of carbonyl (C=O) groups excluding carboxylic acids is 1. The van der Waals surface area contributed by atoms with Crippen LogP contribution in [0.3, 0.4) is 0 Å². The summed E-state index contributed by atoms with van der Waals surface area (Å²) in [5.41, 5.74) is 3.54. The molecule has 3 heterocycles. The van der Waals surface area contributed by atoms with Gasteiger partial charge in [-0.3, -0.25) is 9.36 Å². The Morgan fingerprint density at radius 1 is 1.08 bits per heavy atom. The van der Waals surface area contributed by atoms with Crippen LogP contribution in [0.4, 0.5) is 5.69 Å². The molecule has 5 rings (SSSR count). The van der Waals surface area contributed by atoms with E-state index >= 15 is 0 Å². The average Bonchev–Trinajstić information content (AvgIpc) is 3.52. The first-order valence-corrected chi connectivity index (χ1v) is 13.3. The number of carbonyl (C=O) groups is 1. The standard InChI is InChI=1S/C28H25N3O3S2/c1-4-34-27(33)23-24(19-9-6-5-7-10-19)29-28-31(25(23)21-11-8-16-35-21)26(32)22(36-28)17-18-12-14-20(15-13-18)30(2)3/h5-17,25H,4H2,1-3H3/b22-17-/t25-/m0/s1. The maximum Gasteiger partial charge on any atom is 0.338 e. The zero-order chi connectivity index (χ0) is 25.2. The van der Waals surface area contributed by atoms with Crippen LogP contribution in [0.15, 0.2) is 87.5 Å². The van der Waals surface area contributed by atoms with E-state index in [0.717, 1.165) is 21.7 Å². The molecule has 8 heteroatoms. The summed E-state index contributed by atoms with van der Waals surface area (Å²) in [5, 5.41) is 1.95. The predicted octanol–water partition coefficient (Wildman–Crippen LogP) is 4.06. The van der Waals surface area contributed by atoms with Crippen molar-refractivity contribution in [3.63, 3.8) is 0 Å². The van der Waals surface area contributed by atoms with Gasteiger partial charge >= 0.3 is 5.97 Å². The van der Waals surface area contributed by atoms with Crippen LogP contribution in [-0.2, 0) is 9.53 Å². The van der Waals surface area contributed by atoms with E-state index < -0.39 is 12.0 Å². The highest BCUT2D eigenvalue weighted by Crippen LogP contribution is 2.36. The highest BCUT2D eigenvalue weighted by molar-refractivity contribution is 7.10. The number of benzene rings is 2. The molecular formula is C28H25N3O3S2. The van der Waals surface area contributed by atoms with Crippen molar-refractivity contribution in [2.24, 2.45) is 4.99 Å². The first-order valence-electron chi connectivity index (χ1n) is 11.6. The lowest BCUT2D eigenvalue weighted by atomic mass is 9.97. The molecule has 6 nitrogen and oxygen atoms in total. The Morgan fingerprint density at radius 2 is 1.83 bits per heavy atom. The van der Waals surface area contributed by atoms with E-state index in [-0.39, 0.29) is 12.2 Å². The molecule has 182 valence electrons. The maximum absolute atomic E-state index is 13.8. The second-order valence-corrected chi connectivity index (χ2v) is 10.4. The molecule has 36 heavy (non-hydrogen) atoms. The molecule has 0 spiro atoms. The molecule has 4 aromatic rings. The Hall–Kier alpha value is -3.75. The quantitative estimate of drug-likeness (QED) is 0.363. The number of thiazole rings is 1. The summed E-state index contributed by atoms with van der Waals surface area (Å²) >= 11 is 2.83. The van der Waals surface area contributed by atoms with Crippen molar-refractivity contribution >= 4 is 46.1 Å². The minimum atomic E-state index is -0.617. The molecule has 0 bridgehead atoms. The van der Waals surface area contributed by atoms with Gasteiger partial charge in [0.1, 0.15) is 6.04 Å². The first-order chi connectivity index (χ1) is 17.5. The van der Waals surface area contributed by atoms with Crippen molar-refractivity contribution < 1.29 is 9.53 Å². The van der Waals surface area contributed by atoms with Gasteiger partial charge in [0.2, 0.25) is 0 Å². The van der Waals surface area contributed by atoms with E-state index in [1.165, 1.54) is 22.7 Å². The molecule has 2 aromatic heterocycles. The van der Waals surface area contributed by atoms with Crippen LogP contribution in [0.1, 0.15) is 29.0 Å². The van der Waals surface area contributed by atoms with Crippen LogP contribution in [-0.4, -0.2) is 31.2 Å². The molecule has 0 aliphatic carbocycles. The third kappa shape index (κ3) is 4.45. The van der Waals surface area contributed by atoms with Crippen molar-refractivity contribution in [2.75, 3.05) is 25.6 Å². The summed E-state index contributed by atoms with van der Waals surface area (Å²) in [6, 6.07) is 20.8. The lowest BCUT2D eigenvalue weighted by Crippen LogP contribution is -2.39. The summed E-state index contributed by atoms with van der Waals surface area (Å²) in [6.07, 6.45) is 1.88. The Labute approximate surface area is 216 Å². The fourth-order valence-electron chi connectivity index (χ4n) is 4.18. The maximum atomic E-state index is 13.8. The van der Waals surface area contributed by atoms with Gasteiger partial charge in [-0.15, -0.1) is 11.3 Å². The summed E-state index contributed by atoms with van der Waals surface area (Å²) in [4.78, 5) is 35.4. The van der Waals surface area contributed by atoms with Gasteiger partial charge in [0, 0.05) is 30.2 Å². The topological polar surface area (TPSA) is 63.9 Å². The number of aromatic nitrogens is 1. The third-order valence-electron chi connectivity index (χ3n) is 5.89. The van der Waals surface area contributed by atoms with Crippen LogP contribution in [0.5, 0.6) is 0 Å². The smallest absolute Gasteiger partial charge is 0.338 e. The average molecular weight is 516 g/mol. The first kappa shape index (κ1) is 24.0. The van der Waals surface area contributed by atoms with E-state index in [4.69, 9.17) is 9.73 Å². The fourth-order valence-corrected chi connectivity index (χ4v) is 6.00. The van der Waals surface area contributed by atoms with Crippen molar-refractivity contribution in [2.45, 2.75) is 13.0 Å². The minimum Gasteiger partial charge on any atom is -0.463 e. The van der Waals surface area contributed by atoms with Gasteiger partial charge in [-0.25, -0.2) is 9.79 Å². The fraction of sp³-hybridized carbons (Fsp3) is 0.179. The summed E-state index contributed by atoms with van der Waals surface area (Å²) < 4.78 is 7.67. The van der Waals surface area contributed by atoms with Crippen molar-refractivity contribution in [3.8, 4) is 0 Å². The highest BCUT2D eigenvalue weighted by Gasteiger charge is 2.35. The molecule has 0 fully saturated rings. The number of thiophene rings is 1. The largest absolute Gasteiger partial charge is 0.463 e. The summed E-state index contributed by atoms with van der Waals surface area (Å²) in [7, 11) is 3.98. The highest BCUT2D eigenvalue weighted by atomic mass is 32.1. The Morgan fingerprint density at radius 3 is 2.47 bits per heavy atom. The second-order valence-electron chi connectivity index (χ2n) is 8.43. The van der Waals surface area contributed by atoms with E-state index in [1.807, 2.05) is 97.2 Å². The summed E-state index contributed by atoms with van der Waals surface area (Å²) in [6.45, 7) is 2.01. The van der Waals surface area contributed by atoms with Crippen LogP contribution in [0, 0.1) is 0 Å². The number of hydrogen-bond donors (Lipinski definition) is 0. The number of fused-ring (bicyclic) bond motifs is 1. The molecular weight excluding hydrogens is 490 g/mol. The van der Waals surface area contributed by atoms with Gasteiger partial charge in [0.15, 0.2) is 4.80 Å². The van der Waals surface area contributed by atoms with Gasteiger partial charge in [-0.05, 0) is 42.1 Å². The van der Waals surface area contributed by atoms with E-state index in [9.17, 15) is 9.59 Å². The normalized spacial score (nSPS) is 15.4. The Balaban J connectivity index is 1.76. The van der Waals surface area contributed by atoms with Gasteiger partial charge in [-0.2, -0.15) is 0 Å². The van der Waals surface area contributed by atoms with E-state index in [2.05, 4.69) is 0 Å². The number of hydrogen-bond acceptors (Lipinski definition) is 7. The summed E-state index contributed by atoms with van der Waals surface area (Å²) in [5.74, 6) is -0.466. The molecule has 0 unspecified atom stereocenters. The van der Waals surface area contributed by atoms with Crippen LogP contribution >= 0.6 is 22.7 Å². The number of nitrogens with zero attached hydrogens (tertiary/aromatic N) is 3.